The highest BCUT2D eigenvalue weighted by Gasteiger charge is 2.38. The predicted molar refractivity (Wildman–Crippen MR) is 494 cm³/mol. The molecule has 0 radical (unpaired) electrons. The van der Waals surface area contributed by atoms with E-state index in [1.165, 1.54) is 82.6 Å². The molecule has 0 saturated carbocycles. The lowest BCUT2D eigenvalue weighted by molar-refractivity contribution is 0.660. The number of rotatable bonds is 11. The minimum absolute atomic E-state index is 0.136. The van der Waals surface area contributed by atoms with E-state index in [0.29, 0.717) is 0 Å². The van der Waals surface area contributed by atoms with Crippen LogP contribution in [-0.2, 0) is 5.41 Å². The van der Waals surface area contributed by atoms with E-state index in [4.69, 9.17) is 17.7 Å². The van der Waals surface area contributed by atoms with Crippen LogP contribution in [0, 0.1) is 0 Å². The Balaban J connectivity index is 0.000000136. The van der Waals surface area contributed by atoms with Crippen LogP contribution in [0.5, 0.6) is 0 Å². The molecule has 6 heterocycles. The van der Waals surface area contributed by atoms with Gasteiger partial charge in [0.25, 0.3) is 0 Å². The molecule has 25 rings (SSSR count). The average molecular weight is 1530 g/mol. The van der Waals surface area contributed by atoms with Gasteiger partial charge in [-0.25, -0.2) is 0 Å². The van der Waals surface area contributed by atoms with Gasteiger partial charge in [0.15, 0.2) is 0 Å². The predicted octanol–water partition coefficient (Wildman–Crippen LogP) is 31.4. The van der Waals surface area contributed by atoms with Crippen LogP contribution in [0.4, 0.5) is 34.1 Å². The Morgan fingerprint density at radius 2 is 0.546 bits per heavy atom. The summed E-state index contributed by atoms with van der Waals surface area (Å²) < 4.78 is 31.1. The second kappa shape index (κ2) is 26.7. The first-order valence-electron chi connectivity index (χ1n) is 40.7. The first kappa shape index (κ1) is 67.8. The summed E-state index contributed by atoms with van der Waals surface area (Å²) in [5, 5.41) is 13.4. The summed E-state index contributed by atoms with van der Waals surface area (Å²) in [5.74, 6) is 0. The van der Waals surface area contributed by atoms with Crippen LogP contribution in [0.15, 0.2) is 418 Å². The quantitative estimate of drug-likeness (QED) is 0.129. The topological polar surface area (TPSA) is 68.9 Å². The molecule has 8 heteroatoms. The van der Waals surface area contributed by atoms with E-state index in [1.807, 2.05) is 24.3 Å². The summed E-state index contributed by atoms with van der Waals surface area (Å²) in [6, 6.07) is 143. The van der Waals surface area contributed by atoms with Crippen molar-refractivity contribution >= 4 is 165 Å². The van der Waals surface area contributed by atoms with E-state index in [1.54, 1.807) is 0 Å². The number of fused-ring (bicyclic) bond motifs is 21. The van der Waals surface area contributed by atoms with Gasteiger partial charge in [0.2, 0.25) is 0 Å². The van der Waals surface area contributed by atoms with Crippen molar-refractivity contribution < 1.29 is 17.7 Å². The highest BCUT2D eigenvalue weighted by molar-refractivity contribution is 6.23. The van der Waals surface area contributed by atoms with Gasteiger partial charge in [-0.15, -0.1) is 0 Å². The van der Waals surface area contributed by atoms with Gasteiger partial charge in [-0.1, -0.05) is 250 Å². The second-order valence-electron chi connectivity index (χ2n) is 31.7. The molecule has 0 atom stereocenters. The smallest absolute Gasteiger partial charge is 0.137 e. The number of nitrogens with zero attached hydrogens (tertiary/aromatic N) is 4. The molecule has 0 spiro atoms. The van der Waals surface area contributed by atoms with Crippen LogP contribution >= 0.6 is 0 Å². The van der Waals surface area contributed by atoms with Gasteiger partial charge < -0.3 is 36.6 Å². The molecule has 119 heavy (non-hydrogen) atoms. The first-order chi connectivity index (χ1) is 58.8. The van der Waals surface area contributed by atoms with Crippen LogP contribution < -0.4 is 9.80 Å². The highest BCUT2D eigenvalue weighted by atomic mass is 16.3. The molecule has 1 aliphatic rings. The van der Waals surface area contributed by atoms with Gasteiger partial charge >= 0.3 is 0 Å². The molecule has 560 valence electrons. The molecule has 0 saturated heterocycles. The molecule has 0 aliphatic heterocycles. The number of hydrogen-bond donors (Lipinski definition) is 0. The maximum absolute atomic E-state index is 6.72. The lowest BCUT2D eigenvalue weighted by Crippen LogP contribution is -2.16. The van der Waals surface area contributed by atoms with Gasteiger partial charge in [-0.3, -0.25) is 0 Å². The number of furan rings is 4. The van der Waals surface area contributed by atoms with Crippen molar-refractivity contribution in [3.63, 3.8) is 0 Å². The minimum Gasteiger partial charge on any atom is -0.456 e. The third kappa shape index (κ3) is 10.6. The summed E-state index contributed by atoms with van der Waals surface area (Å²) in [7, 11) is 0. The molecule has 0 unspecified atom stereocenters. The van der Waals surface area contributed by atoms with E-state index >= 15 is 0 Å². The zero-order valence-electron chi connectivity index (χ0n) is 65.0. The van der Waals surface area contributed by atoms with Crippen molar-refractivity contribution in [1.82, 2.24) is 9.13 Å². The SMILES string of the molecule is CC1(C)c2ccccc2-c2c(N(c3ccc(-c4ccccc4)cc3)c3cccc4oc5ccc(-c6ccc7c(c6)c6ccccc6n7-c6ccccc6)cc5c34)cccc21.c1ccc(-n2c3ccccc3c3cc(-c4ccc5oc6cccc(N(c7cccc8oc9ccccc9c78)c7cccc8oc9ccccc9c78)c6c5c4)ccc32)cc1. The largest absolute Gasteiger partial charge is 0.456 e. The number of hydrogen-bond acceptors (Lipinski definition) is 6. The minimum atomic E-state index is -0.136. The summed E-state index contributed by atoms with van der Waals surface area (Å²) in [6.45, 7) is 4.70. The third-order valence-corrected chi connectivity index (χ3v) is 24.8. The van der Waals surface area contributed by atoms with E-state index in [9.17, 15) is 0 Å². The van der Waals surface area contributed by atoms with Crippen LogP contribution in [0.2, 0.25) is 0 Å². The Hall–Kier alpha value is -15.6. The molecule has 0 fully saturated rings. The molecular formula is C111H72N4O4. The second-order valence-corrected chi connectivity index (χ2v) is 31.7. The fourth-order valence-corrected chi connectivity index (χ4v) is 19.4. The molecule has 1 aliphatic carbocycles. The molecule has 8 nitrogen and oxygen atoms in total. The van der Waals surface area contributed by atoms with Crippen molar-refractivity contribution in [2.75, 3.05) is 9.80 Å². The van der Waals surface area contributed by atoms with Gasteiger partial charge in [0, 0.05) is 71.1 Å². The Kier molecular flexibility index (Phi) is 15.2. The Bertz CT molecular complexity index is 8110. The van der Waals surface area contributed by atoms with E-state index in [0.717, 1.165) is 150 Å². The Labute approximate surface area is 684 Å². The lowest BCUT2D eigenvalue weighted by Gasteiger charge is -2.29. The van der Waals surface area contributed by atoms with Gasteiger partial charge in [-0.05, 0) is 214 Å². The monoisotopic (exact) mass is 1520 g/mol. The van der Waals surface area contributed by atoms with Gasteiger partial charge in [-0.2, -0.15) is 0 Å². The molecule has 24 aromatic rings. The summed E-state index contributed by atoms with van der Waals surface area (Å²) >= 11 is 0. The third-order valence-electron chi connectivity index (χ3n) is 24.8. The Morgan fingerprint density at radius 3 is 1.03 bits per heavy atom. The maximum Gasteiger partial charge on any atom is 0.137 e. The van der Waals surface area contributed by atoms with Crippen LogP contribution in [0.25, 0.3) is 187 Å². The number of anilines is 6. The molecule has 6 aromatic heterocycles. The Morgan fingerprint density at radius 1 is 0.218 bits per heavy atom. The molecule has 0 N–H and O–H groups in total. The van der Waals surface area contributed by atoms with Crippen LogP contribution in [0.3, 0.4) is 0 Å². The van der Waals surface area contributed by atoms with Gasteiger partial charge in [0.1, 0.15) is 44.7 Å². The van der Waals surface area contributed by atoms with E-state index in [2.05, 4.69) is 409 Å². The zero-order chi connectivity index (χ0) is 78.6. The van der Waals surface area contributed by atoms with Crippen molar-refractivity contribution in [3.8, 4) is 55.9 Å². The maximum atomic E-state index is 6.72. The molecule has 0 amide bonds. The van der Waals surface area contributed by atoms with Crippen molar-refractivity contribution in [2.45, 2.75) is 19.3 Å². The summed E-state index contributed by atoms with van der Waals surface area (Å²) in [4.78, 5) is 4.84. The van der Waals surface area contributed by atoms with Crippen molar-refractivity contribution in [3.05, 3.63) is 412 Å². The lowest BCUT2D eigenvalue weighted by atomic mass is 9.82. The first-order valence-corrected chi connectivity index (χ1v) is 40.7. The highest BCUT2D eigenvalue weighted by Crippen LogP contribution is 2.57. The van der Waals surface area contributed by atoms with Crippen LogP contribution in [0.1, 0.15) is 25.0 Å². The van der Waals surface area contributed by atoms with Crippen molar-refractivity contribution in [1.29, 1.82) is 0 Å². The normalized spacial score (nSPS) is 12.5. The zero-order valence-corrected chi connectivity index (χ0v) is 65.0. The van der Waals surface area contributed by atoms with E-state index in [-0.39, 0.29) is 5.41 Å². The number of benzene rings is 18. The van der Waals surface area contributed by atoms with E-state index < -0.39 is 0 Å². The standard InChI is InChI=1S/C57H40N2O.C54H32N2O3/c1-57(2)47-21-11-9-20-44(47)55-48(57)22-13-24-51(55)59(42-31-27-38(28-32-42)37-15-5-3-6-16-37)52-25-14-26-54-56(52)46-36-40(30-34-53(46)60-54)39-29-33-50-45(35-39)43-19-10-12-23-49(43)58(50)41-17-7-4-8-18-41;1-2-13-35(14-3-1)55-41-18-7-4-15-36(41)39-31-33(27-29-42(39)55)34-28-30-48-40(32-34)54-45(21-12-26-51(54)59-48)56(43-19-10-24-49-52(43)37-16-5-8-22-46(37)57-49)44-20-11-25-50-53(44)38-17-6-9-23-47(38)58-50/h3-36H,1-2H3;1-32H. The molecular weight excluding hydrogens is 1450 g/mol. The summed E-state index contributed by atoms with van der Waals surface area (Å²) in [5.41, 5.74) is 32.2. The average Bonchev–Trinajstić information content (AvgIpc) is 1.47. The number of aromatic nitrogens is 2. The van der Waals surface area contributed by atoms with Crippen molar-refractivity contribution in [2.24, 2.45) is 0 Å². The van der Waals surface area contributed by atoms with Gasteiger partial charge in [0.05, 0.1) is 72.0 Å². The molecule has 18 aromatic carbocycles. The fraction of sp³-hybridized carbons (Fsp3) is 0.0270. The fourth-order valence-electron chi connectivity index (χ4n) is 19.4. The van der Waals surface area contributed by atoms with Crippen LogP contribution in [-0.4, -0.2) is 9.13 Å². The number of para-hydroxylation sites is 6. The summed E-state index contributed by atoms with van der Waals surface area (Å²) in [6.07, 6.45) is 0. The molecule has 0 bridgehead atoms.